The molecule has 5 nitrogen and oxygen atoms in total. The molecule has 0 spiro atoms. The van der Waals surface area contributed by atoms with E-state index in [1.807, 2.05) is 26.8 Å². The first-order valence-corrected chi connectivity index (χ1v) is 12.0. The number of fused-ring (bicyclic) bond motifs is 1. The largest absolute Gasteiger partial charge is 0.507 e. The molecular weight excluding hydrogens is 390 g/mol. The van der Waals surface area contributed by atoms with Gasteiger partial charge in [0.1, 0.15) is 17.1 Å². The van der Waals surface area contributed by atoms with Gasteiger partial charge in [0.05, 0.1) is 4.92 Å². The molecule has 5 heteroatoms. The average molecular weight is 432 g/mol. The third-order valence-corrected chi connectivity index (χ3v) is 6.90. The third-order valence-electron chi connectivity index (χ3n) is 6.90. The molecule has 1 aliphatic rings. The van der Waals surface area contributed by atoms with Crippen molar-refractivity contribution >= 4 is 0 Å². The van der Waals surface area contributed by atoms with E-state index in [0.717, 1.165) is 72.9 Å². The number of nitro groups is 1. The number of benzene rings is 1. The number of unbranched alkanes of at least 4 members (excludes halogenated alkanes) is 6. The van der Waals surface area contributed by atoms with Crippen LogP contribution in [0.25, 0.3) is 0 Å². The van der Waals surface area contributed by atoms with Crippen molar-refractivity contribution in [2.45, 2.75) is 117 Å². The highest BCUT2D eigenvalue weighted by Crippen LogP contribution is 2.44. The molecule has 1 atom stereocenters. The molecule has 174 valence electrons. The van der Waals surface area contributed by atoms with Gasteiger partial charge in [-0.2, -0.15) is 0 Å². The lowest BCUT2D eigenvalue weighted by Crippen LogP contribution is -2.37. The van der Waals surface area contributed by atoms with E-state index in [1.54, 1.807) is 0 Å². The summed E-state index contributed by atoms with van der Waals surface area (Å²) in [6.45, 7) is 10.2. The van der Waals surface area contributed by atoms with E-state index in [1.165, 1.54) is 25.7 Å². The number of phenols is 1. The van der Waals surface area contributed by atoms with Gasteiger partial charge in [0.2, 0.25) is 5.70 Å². The van der Waals surface area contributed by atoms with Crippen LogP contribution in [-0.2, 0) is 6.42 Å². The zero-order valence-electron chi connectivity index (χ0n) is 20.2. The Morgan fingerprint density at radius 2 is 1.77 bits per heavy atom. The van der Waals surface area contributed by atoms with Crippen molar-refractivity contribution in [3.63, 3.8) is 0 Å². The summed E-state index contributed by atoms with van der Waals surface area (Å²) < 4.78 is 6.45. The second-order valence-electron chi connectivity index (χ2n) is 9.45. The lowest BCUT2D eigenvalue weighted by molar-refractivity contribution is -0.428. The Morgan fingerprint density at radius 1 is 1.10 bits per heavy atom. The summed E-state index contributed by atoms with van der Waals surface area (Å²) in [4.78, 5) is 11.3. The minimum absolute atomic E-state index is 0.212. The number of rotatable bonds is 12. The van der Waals surface area contributed by atoms with Crippen LogP contribution in [0.15, 0.2) is 11.8 Å². The van der Waals surface area contributed by atoms with Crippen LogP contribution in [0.4, 0.5) is 0 Å². The Hall–Kier alpha value is -2.04. The van der Waals surface area contributed by atoms with Crippen molar-refractivity contribution in [1.29, 1.82) is 0 Å². The number of allylic oxidation sites excluding steroid dienone is 2. The van der Waals surface area contributed by atoms with Crippen molar-refractivity contribution < 1.29 is 14.8 Å². The Kier molecular flexibility index (Phi) is 9.39. The fraction of sp³-hybridized carbons (Fsp3) is 0.692. The van der Waals surface area contributed by atoms with Crippen LogP contribution in [0.5, 0.6) is 11.5 Å². The van der Waals surface area contributed by atoms with Crippen LogP contribution in [0, 0.1) is 30.9 Å². The highest BCUT2D eigenvalue weighted by atomic mass is 16.6. The maximum absolute atomic E-state index is 11.5. The molecule has 1 aliphatic heterocycles. The summed E-state index contributed by atoms with van der Waals surface area (Å²) in [5.41, 5.74) is 3.90. The number of aromatic hydroxyl groups is 1. The van der Waals surface area contributed by atoms with Crippen molar-refractivity contribution in [2.75, 3.05) is 0 Å². The molecule has 0 fully saturated rings. The van der Waals surface area contributed by atoms with Gasteiger partial charge in [-0.15, -0.1) is 0 Å². The van der Waals surface area contributed by atoms with Crippen LogP contribution in [0.1, 0.15) is 107 Å². The normalized spacial score (nSPS) is 18.5. The standard InChI is InChI=1S/C26H41NO4/c1-6-7-8-9-10-11-12-14-22(27(29)30)15-13-17-26(5)18-16-23-21(4)24(28)19(2)20(3)25(23)31-26/h14,28H,6-13,15-18H2,1-5H3. The Morgan fingerprint density at radius 3 is 2.45 bits per heavy atom. The van der Waals surface area contributed by atoms with Crippen molar-refractivity contribution in [3.05, 3.63) is 44.1 Å². The molecule has 1 unspecified atom stereocenters. The van der Waals surface area contributed by atoms with Gasteiger partial charge in [-0.3, -0.25) is 10.1 Å². The van der Waals surface area contributed by atoms with Gasteiger partial charge in [0, 0.05) is 12.0 Å². The summed E-state index contributed by atoms with van der Waals surface area (Å²) in [6, 6.07) is 0. The quantitative estimate of drug-likeness (QED) is 0.211. The molecule has 0 bridgehead atoms. The fourth-order valence-corrected chi connectivity index (χ4v) is 4.58. The summed E-state index contributed by atoms with van der Waals surface area (Å²) in [7, 11) is 0. The number of nitrogens with zero attached hydrogens (tertiary/aromatic N) is 1. The van der Waals surface area contributed by atoms with E-state index in [9.17, 15) is 15.2 Å². The zero-order chi connectivity index (χ0) is 23.0. The smallest absolute Gasteiger partial charge is 0.242 e. The van der Waals surface area contributed by atoms with E-state index in [2.05, 4.69) is 13.8 Å². The SMILES string of the molecule is CCCCCCCCC=C(CCCC1(C)CCc2c(C)c(O)c(C)c(C)c2O1)[N+](=O)[O-]. The van der Waals surface area contributed by atoms with E-state index in [-0.39, 0.29) is 10.5 Å². The lowest BCUT2D eigenvalue weighted by atomic mass is 9.84. The van der Waals surface area contributed by atoms with Gasteiger partial charge in [0.15, 0.2) is 0 Å². The zero-order valence-corrected chi connectivity index (χ0v) is 20.2. The van der Waals surface area contributed by atoms with E-state index in [0.29, 0.717) is 17.9 Å². The topological polar surface area (TPSA) is 72.6 Å². The molecular formula is C26H41NO4. The monoisotopic (exact) mass is 431 g/mol. The van der Waals surface area contributed by atoms with Gasteiger partial charge in [-0.25, -0.2) is 0 Å². The average Bonchev–Trinajstić information content (AvgIpc) is 2.74. The van der Waals surface area contributed by atoms with Gasteiger partial charge < -0.3 is 9.84 Å². The maximum Gasteiger partial charge on any atom is 0.242 e. The van der Waals surface area contributed by atoms with Gasteiger partial charge in [0.25, 0.3) is 0 Å². The maximum atomic E-state index is 11.5. The predicted octanol–water partition coefficient (Wildman–Crippen LogP) is 7.48. The Balaban J connectivity index is 1.90. The predicted molar refractivity (Wildman–Crippen MR) is 127 cm³/mol. The molecule has 0 radical (unpaired) electrons. The molecule has 0 aliphatic carbocycles. The highest BCUT2D eigenvalue weighted by molar-refractivity contribution is 5.58. The summed E-state index contributed by atoms with van der Waals surface area (Å²) >= 11 is 0. The second kappa shape index (κ2) is 11.5. The van der Waals surface area contributed by atoms with E-state index < -0.39 is 0 Å². The van der Waals surface area contributed by atoms with Crippen LogP contribution in [0.3, 0.4) is 0 Å². The number of hydrogen-bond acceptors (Lipinski definition) is 4. The first-order chi connectivity index (χ1) is 14.7. The van der Waals surface area contributed by atoms with Crippen LogP contribution in [0.2, 0.25) is 0 Å². The molecule has 0 aromatic heterocycles. The van der Waals surface area contributed by atoms with E-state index in [4.69, 9.17) is 4.74 Å². The first kappa shape index (κ1) is 25.2. The number of ether oxygens (including phenoxy) is 1. The molecule has 1 aromatic carbocycles. The summed E-state index contributed by atoms with van der Waals surface area (Å²) in [6.07, 6.45) is 13.6. The van der Waals surface area contributed by atoms with Crippen LogP contribution >= 0.6 is 0 Å². The molecule has 0 saturated heterocycles. The fourth-order valence-electron chi connectivity index (χ4n) is 4.58. The summed E-state index contributed by atoms with van der Waals surface area (Å²) in [5.74, 6) is 1.27. The minimum Gasteiger partial charge on any atom is -0.507 e. The highest BCUT2D eigenvalue weighted by Gasteiger charge is 2.34. The lowest BCUT2D eigenvalue weighted by Gasteiger charge is -2.38. The first-order valence-electron chi connectivity index (χ1n) is 12.0. The number of phenolic OH excluding ortho intramolecular Hbond substituents is 1. The molecule has 0 amide bonds. The molecule has 1 heterocycles. The Labute approximate surface area is 188 Å². The van der Waals surface area contributed by atoms with Crippen LogP contribution < -0.4 is 4.74 Å². The second-order valence-corrected chi connectivity index (χ2v) is 9.45. The van der Waals surface area contributed by atoms with Gasteiger partial charge in [-0.1, -0.05) is 39.0 Å². The minimum atomic E-state index is -0.325. The summed E-state index contributed by atoms with van der Waals surface area (Å²) in [5, 5.41) is 21.8. The Bertz CT molecular complexity index is 799. The third kappa shape index (κ3) is 6.72. The van der Waals surface area contributed by atoms with E-state index >= 15 is 0 Å². The molecule has 2 rings (SSSR count). The van der Waals surface area contributed by atoms with Gasteiger partial charge in [-0.05, 0) is 89.0 Å². The number of hydrogen-bond donors (Lipinski definition) is 1. The van der Waals surface area contributed by atoms with Gasteiger partial charge >= 0.3 is 0 Å². The molecule has 1 N–H and O–H groups in total. The van der Waals surface area contributed by atoms with Crippen LogP contribution in [-0.4, -0.2) is 15.6 Å². The molecule has 1 aromatic rings. The molecule has 31 heavy (non-hydrogen) atoms. The molecule has 0 saturated carbocycles. The van der Waals surface area contributed by atoms with Crippen molar-refractivity contribution in [2.24, 2.45) is 0 Å². The van der Waals surface area contributed by atoms with Crippen molar-refractivity contribution in [3.8, 4) is 11.5 Å². The van der Waals surface area contributed by atoms with Crippen molar-refractivity contribution in [1.82, 2.24) is 0 Å².